The molecule has 1 aliphatic carbocycles. The first-order chi connectivity index (χ1) is 7.08. The van der Waals surface area contributed by atoms with E-state index in [0.717, 1.165) is 25.7 Å². The number of hydrogen-bond donors (Lipinski definition) is 1. The van der Waals surface area contributed by atoms with Crippen molar-refractivity contribution < 1.29 is 9.50 Å². The maximum atomic E-state index is 13.4. The van der Waals surface area contributed by atoms with Gasteiger partial charge in [-0.3, -0.25) is 0 Å². The minimum Gasteiger partial charge on any atom is -0.390 e. The summed E-state index contributed by atoms with van der Waals surface area (Å²) in [6.45, 7) is 1.85. The Morgan fingerprint density at radius 1 is 1.47 bits per heavy atom. The van der Waals surface area contributed by atoms with Crippen LogP contribution < -0.4 is 0 Å². The van der Waals surface area contributed by atoms with Crippen LogP contribution in [0.3, 0.4) is 0 Å². The monoisotopic (exact) mass is 209 g/mol. The third-order valence-electron chi connectivity index (χ3n) is 3.29. The van der Waals surface area contributed by atoms with Gasteiger partial charge in [0.2, 0.25) is 5.95 Å². The van der Waals surface area contributed by atoms with E-state index in [9.17, 15) is 9.50 Å². The first-order valence-electron chi connectivity index (χ1n) is 5.41. The van der Waals surface area contributed by atoms with Crippen molar-refractivity contribution >= 4 is 0 Å². The minimum absolute atomic E-state index is 0.221. The molecule has 0 aliphatic heterocycles. The zero-order valence-corrected chi connectivity index (χ0v) is 8.91. The summed E-state index contributed by atoms with van der Waals surface area (Å²) < 4.78 is 13.4. The number of aliphatic hydroxyl groups is 1. The molecule has 0 radical (unpaired) electrons. The largest absolute Gasteiger partial charge is 0.390 e. The van der Waals surface area contributed by atoms with Crippen LogP contribution in [-0.2, 0) is 0 Å². The van der Waals surface area contributed by atoms with Gasteiger partial charge in [0.05, 0.1) is 5.60 Å². The van der Waals surface area contributed by atoms with Gasteiger partial charge >= 0.3 is 0 Å². The molecular weight excluding hydrogens is 193 g/mol. The molecule has 0 atom stereocenters. The Morgan fingerprint density at radius 3 is 2.73 bits per heavy atom. The van der Waals surface area contributed by atoms with Crippen LogP contribution in [0.5, 0.6) is 0 Å². The second-order valence-corrected chi connectivity index (χ2v) is 4.65. The molecule has 0 aromatic carbocycles. The lowest BCUT2D eigenvalue weighted by molar-refractivity contribution is 0.0168. The van der Waals surface area contributed by atoms with Gasteiger partial charge in [-0.25, -0.2) is 4.98 Å². The molecule has 0 spiro atoms. The average molecular weight is 209 g/mol. The van der Waals surface area contributed by atoms with E-state index < -0.39 is 5.60 Å². The fourth-order valence-corrected chi connectivity index (χ4v) is 2.25. The molecule has 1 aliphatic rings. The van der Waals surface area contributed by atoms with Gasteiger partial charge in [-0.05, 0) is 44.6 Å². The predicted octanol–water partition coefficient (Wildman–Crippen LogP) is 2.63. The molecular formula is C12H16FNO. The first-order valence-corrected chi connectivity index (χ1v) is 5.41. The Kier molecular flexibility index (Phi) is 2.74. The summed E-state index contributed by atoms with van der Waals surface area (Å²) in [5.41, 5.74) is 0.142. The predicted molar refractivity (Wildman–Crippen MR) is 56.0 cm³/mol. The fraction of sp³-hybridized carbons (Fsp3) is 0.583. The summed E-state index contributed by atoms with van der Waals surface area (Å²) in [5, 5.41) is 9.80. The molecule has 1 aromatic rings. The number of halogens is 1. The summed E-state index contributed by atoms with van der Waals surface area (Å²) in [5.74, 6) is -0.136. The average Bonchev–Trinajstić information content (AvgIpc) is 2.19. The highest BCUT2D eigenvalue weighted by Gasteiger charge is 2.30. The molecule has 2 rings (SSSR count). The summed E-state index contributed by atoms with van der Waals surface area (Å²) in [6, 6.07) is 3.57. The molecule has 1 fully saturated rings. The molecule has 2 nitrogen and oxygen atoms in total. The van der Waals surface area contributed by atoms with Gasteiger partial charge in [-0.1, -0.05) is 6.07 Å². The van der Waals surface area contributed by atoms with Crippen molar-refractivity contribution in [2.24, 2.45) is 0 Å². The smallest absolute Gasteiger partial charge is 0.216 e. The summed E-state index contributed by atoms with van der Waals surface area (Å²) in [6.07, 6.45) is 4.64. The third kappa shape index (κ3) is 2.34. The lowest BCUT2D eigenvalue weighted by Gasteiger charge is -2.33. The SMILES string of the molecule is C[C@]1(O)CC[C@H](c2cccnc2F)CC1. The van der Waals surface area contributed by atoms with Crippen molar-refractivity contribution in [3.8, 4) is 0 Å². The van der Waals surface area contributed by atoms with Gasteiger partial charge in [0, 0.05) is 11.8 Å². The second kappa shape index (κ2) is 3.89. The zero-order valence-electron chi connectivity index (χ0n) is 8.91. The Morgan fingerprint density at radius 2 is 2.13 bits per heavy atom. The number of hydrogen-bond acceptors (Lipinski definition) is 2. The van der Waals surface area contributed by atoms with Crippen LogP contribution in [-0.4, -0.2) is 15.7 Å². The quantitative estimate of drug-likeness (QED) is 0.721. The highest BCUT2D eigenvalue weighted by Crippen LogP contribution is 2.37. The number of pyridine rings is 1. The number of aromatic nitrogens is 1. The Balaban J connectivity index is 2.11. The van der Waals surface area contributed by atoms with Crippen LogP contribution in [0.25, 0.3) is 0 Å². The van der Waals surface area contributed by atoms with Crippen molar-refractivity contribution in [1.82, 2.24) is 4.98 Å². The van der Waals surface area contributed by atoms with E-state index in [0.29, 0.717) is 5.56 Å². The fourth-order valence-electron chi connectivity index (χ4n) is 2.25. The normalized spacial score (nSPS) is 31.5. The zero-order chi connectivity index (χ0) is 10.9. The number of rotatable bonds is 1. The Labute approximate surface area is 89.2 Å². The molecule has 0 amide bonds. The molecule has 1 aromatic heterocycles. The van der Waals surface area contributed by atoms with E-state index in [2.05, 4.69) is 4.98 Å². The van der Waals surface area contributed by atoms with E-state index in [1.165, 1.54) is 6.20 Å². The van der Waals surface area contributed by atoms with E-state index >= 15 is 0 Å². The van der Waals surface area contributed by atoms with Crippen molar-refractivity contribution in [1.29, 1.82) is 0 Å². The van der Waals surface area contributed by atoms with Crippen LogP contribution in [0, 0.1) is 5.95 Å². The van der Waals surface area contributed by atoms with Crippen LogP contribution in [0.4, 0.5) is 4.39 Å². The molecule has 82 valence electrons. The highest BCUT2D eigenvalue weighted by atomic mass is 19.1. The van der Waals surface area contributed by atoms with Crippen LogP contribution in [0.1, 0.15) is 44.1 Å². The maximum Gasteiger partial charge on any atom is 0.216 e. The van der Waals surface area contributed by atoms with Crippen molar-refractivity contribution in [2.75, 3.05) is 0 Å². The minimum atomic E-state index is -0.560. The molecule has 1 heterocycles. The molecule has 0 unspecified atom stereocenters. The Bertz CT molecular complexity index is 341. The molecule has 1 saturated carbocycles. The maximum absolute atomic E-state index is 13.4. The molecule has 0 bridgehead atoms. The van der Waals surface area contributed by atoms with Crippen LogP contribution >= 0.6 is 0 Å². The molecule has 0 saturated heterocycles. The van der Waals surface area contributed by atoms with Gasteiger partial charge in [0.15, 0.2) is 0 Å². The van der Waals surface area contributed by atoms with E-state index in [4.69, 9.17) is 0 Å². The van der Waals surface area contributed by atoms with Crippen LogP contribution in [0.2, 0.25) is 0 Å². The lowest BCUT2D eigenvalue weighted by atomic mass is 9.77. The van der Waals surface area contributed by atoms with E-state index in [-0.39, 0.29) is 11.9 Å². The number of nitrogens with zero attached hydrogens (tertiary/aromatic N) is 1. The molecule has 15 heavy (non-hydrogen) atoms. The van der Waals surface area contributed by atoms with E-state index in [1.54, 1.807) is 12.1 Å². The van der Waals surface area contributed by atoms with Gasteiger partial charge in [0.25, 0.3) is 0 Å². The van der Waals surface area contributed by atoms with E-state index in [1.807, 2.05) is 6.92 Å². The van der Waals surface area contributed by atoms with Crippen molar-refractivity contribution in [3.63, 3.8) is 0 Å². The third-order valence-corrected chi connectivity index (χ3v) is 3.29. The summed E-state index contributed by atoms with van der Waals surface area (Å²) in [7, 11) is 0. The first kappa shape index (κ1) is 10.6. The molecule has 3 heteroatoms. The standard InChI is InChI=1S/C12H16FNO/c1-12(15)6-4-9(5-7-12)10-3-2-8-14-11(10)13/h2-3,8-9,15H,4-7H2,1H3/t9-,12-. The second-order valence-electron chi connectivity index (χ2n) is 4.65. The van der Waals surface area contributed by atoms with Crippen molar-refractivity contribution in [3.05, 3.63) is 29.8 Å². The van der Waals surface area contributed by atoms with Crippen LogP contribution in [0.15, 0.2) is 18.3 Å². The van der Waals surface area contributed by atoms with Gasteiger partial charge in [-0.15, -0.1) is 0 Å². The van der Waals surface area contributed by atoms with Gasteiger partial charge in [0.1, 0.15) is 0 Å². The van der Waals surface area contributed by atoms with Gasteiger partial charge < -0.3 is 5.11 Å². The molecule has 1 N–H and O–H groups in total. The van der Waals surface area contributed by atoms with Gasteiger partial charge in [-0.2, -0.15) is 4.39 Å². The summed E-state index contributed by atoms with van der Waals surface area (Å²) >= 11 is 0. The lowest BCUT2D eigenvalue weighted by Crippen LogP contribution is -2.29. The summed E-state index contributed by atoms with van der Waals surface area (Å²) in [4.78, 5) is 3.66. The van der Waals surface area contributed by atoms with Crippen molar-refractivity contribution in [2.45, 2.75) is 44.1 Å². The highest BCUT2D eigenvalue weighted by molar-refractivity contribution is 5.17. The topological polar surface area (TPSA) is 33.1 Å². The Hall–Kier alpha value is -0.960.